The van der Waals surface area contributed by atoms with Gasteiger partial charge in [0.2, 0.25) is 0 Å². The van der Waals surface area contributed by atoms with Crippen molar-refractivity contribution in [2.75, 3.05) is 0 Å². The average molecular weight is 375 g/mol. The maximum Gasteiger partial charge on any atom is 0.255 e. The Morgan fingerprint density at radius 3 is 2.86 bits per heavy atom. The third-order valence-electron chi connectivity index (χ3n) is 5.90. The van der Waals surface area contributed by atoms with E-state index in [0.717, 1.165) is 42.9 Å². The summed E-state index contributed by atoms with van der Waals surface area (Å²) in [4.78, 5) is 12.9. The maximum atomic E-state index is 12.9. The topological polar surface area (TPSA) is 60.1 Å². The van der Waals surface area contributed by atoms with E-state index in [-0.39, 0.29) is 11.9 Å². The molecule has 1 amide bonds. The van der Waals surface area contributed by atoms with Gasteiger partial charge in [-0.1, -0.05) is 30.3 Å². The van der Waals surface area contributed by atoms with Crippen LogP contribution in [0.1, 0.15) is 76.3 Å². The Kier molecular flexibility index (Phi) is 4.30. The second kappa shape index (κ2) is 6.97. The number of aromatic nitrogens is 2. The number of hydrogen-bond donors (Lipinski definition) is 1. The van der Waals surface area contributed by atoms with Crippen molar-refractivity contribution >= 4 is 5.91 Å². The number of carbonyl (C=O) groups excluding carboxylic acids is 1. The zero-order valence-electron chi connectivity index (χ0n) is 16.1. The normalized spacial score (nSPS) is 18.7. The van der Waals surface area contributed by atoms with Crippen LogP contribution in [-0.2, 0) is 13.0 Å². The van der Waals surface area contributed by atoms with Gasteiger partial charge in [-0.15, -0.1) is 0 Å². The Labute approximate surface area is 164 Å². The number of rotatable bonds is 5. The van der Waals surface area contributed by atoms with Crippen LogP contribution in [0, 0.1) is 6.92 Å². The molecule has 5 rings (SSSR count). The summed E-state index contributed by atoms with van der Waals surface area (Å²) >= 11 is 0. The number of nitrogens with zero attached hydrogens (tertiary/aromatic N) is 2. The summed E-state index contributed by atoms with van der Waals surface area (Å²) in [7, 11) is 0. The fourth-order valence-corrected chi connectivity index (χ4v) is 4.20. The average Bonchev–Trinajstić information content (AvgIpc) is 3.37. The van der Waals surface area contributed by atoms with Gasteiger partial charge in [0.05, 0.1) is 24.3 Å². The van der Waals surface area contributed by atoms with Crippen LogP contribution < -0.4 is 5.32 Å². The quantitative estimate of drug-likeness (QED) is 0.713. The molecular formula is C23H25N3O2. The van der Waals surface area contributed by atoms with Gasteiger partial charge in [-0.25, -0.2) is 0 Å². The van der Waals surface area contributed by atoms with E-state index in [0.29, 0.717) is 11.5 Å². The van der Waals surface area contributed by atoms with Crippen molar-refractivity contribution in [3.63, 3.8) is 0 Å². The van der Waals surface area contributed by atoms with Gasteiger partial charge in [0.25, 0.3) is 5.91 Å². The zero-order valence-corrected chi connectivity index (χ0v) is 16.1. The molecule has 1 aromatic carbocycles. The lowest BCUT2D eigenvalue weighted by molar-refractivity contribution is 0.0931. The van der Waals surface area contributed by atoms with Crippen molar-refractivity contribution in [3.05, 3.63) is 76.5 Å². The first kappa shape index (κ1) is 17.3. The molecule has 0 bridgehead atoms. The van der Waals surface area contributed by atoms with Crippen molar-refractivity contribution in [1.82, 2.24) is 15.1 Å². The standard InChI is InChI=1S/C23H25N3O2/c1-15-18(12-22(28-15)17-10-11-17)23(27)25-20-8-5-9-21-19(20)13-24-26(21)14-16-6-3-2-4-7-16/h2-4,6-7,12-13,17,20H,5,8-11,14H2,1H3,(H,25,27)/t20-/m0/s1. The number of fused-ring (bicyclic) bond motifs is 1. The Bertz CT molecular complexity index is 998. The molecule has 0 aliphatic heterocycles. The fraction of sp³-hybridized carbons (Fsp3) is 0.391. The molecule has 5 nitrogen and oxygen atoms in total. The first-order chi connectivity index (χ1) is 13.7. The third kappa shape index (κ3) is 3.26. The van der Waals surface area contributed by atoms with Crippen LogP contribution in [0.15, 0.2) is 47.0 Å². The van der Waals surface area contributed by atoms with Gasteiger partial charge in [0.15, 0.2) is 0 Å². The lowest BCUT2D eigenvalue weighted by atomic mass is 9.92. The molecule has 2 aromatic heterocycles. The maximum absolute atomic E-state index is 12.9. The molecule has 1 atom stereocenters. The van der Waals surface area contributed by atoms with Crippen LogP contribution in [0.25, 0.3) is 0 Å². The van der Waals surface area contributed by atoms with Crippen molar-refractivity contribution in [2.45, 2.75) is 57.5 Å². The molecule has 0 saturated heterocycles. The van der Waals surface area contributed by atoms with Crippen LogP contribution in [-0.4, -0.2) is 15.7 Å². The summed E-state index contributed by atoms with van der Waals surface area (Å²) in [6, 6.07) is 12.3. The number of benzene rings is 1. The lowest BCUT2D eigenvalue weighted by Gasteiger charge is -2.24. The minimum atomic E-state index is -0.0400. The van der Waals surface area contributed by atoms with E-state index in [1.54, 1.807) is 0 Å². The van der Waals surface area contributed by atoms with E-state index >= 15 is 0 Å². The third-order valence-corrected chi connectivity index (χ3v) is 5.90. The lowest BCUT2D eigenvalue weighted by Crippen LogP contribution is -2.31. The zero-order chi connectivity index (χ0) is 19.1. The molecule has 1 N–H and O–H groups in total. The SMILES string of the molecule is Cc1oc(C2CC2)cc1C(=O)N[C@H]1CCCc2c1cnn2Cc1ccccc1. The van der Waals surface area contributed by atoms with Crippen LogP contribution in [0.3, 0.4) is 0 Å². The Hall–Kier alpha value is -2.82. The second-order valence-electron chi connectivity index (χ2n) is 8.00. The smallest absolute Gasteiger partial charge is 0.255 e. The van der Waals surface area contributed by atoms with Gasteiger partial charge >= 0.3 is 0 Å². The molecule has 28 heavy (non-hydrogen) atoms. The number of carbonyl (C=O) groups is 1. The molecule has 3 aromatic rings. The van der Waals surface area contributed by atoms with E-state index < -0.39 is 0 Å². The highest BCUT2D eigenvalue weighted by molar-refractivity contribution is 5.95. The summed E-state index contributed by atoms with van der Waals surface area (Å²) in [5.74, 6) is 2.15. The first-order valence-electron chi connectivity index (χ1n) is 10.2. The molecule has 2 aliphatic carbocycles. The van der Waals surface area contributed by atoms with Crippen LogP contribution in [0.4, 0.5) is 0 Å². The molecule has 144 valence electrons. The van der Waals surface area contributed by atoms with E-state index in [2.05, 4.69) is 39.4 Å². The van der Waals surface area contributed by atoms with Gasteiger partial charge in [-0.3, -0.25) is 9.48 Å². The van der Waals surface area contributed by atoms with Gasteiger partial charge in [-0.2, -0.15) is 5.10 Å². The van der Waals surface area contributed by atoms with Crippen LogP contribution >= 0.6 is 0 Å². The molecule has 2 aliphatic rings. The predicted molar refractivity (Wildman–Crippen MR) is 106 cm³/mol. The van der Waals surface area contributed by atoms with E-state index in [9.17, 15) is 4.79 Å². The Morgan fingerprint density at radius 2 is 2.07 bits per heavy atom. The summed E-state index contributed by atoms with van der Waals surface area (Å²) in [5, 5.41) is 7.85. The van der Waals surface area contributed by atoms with Crippen molar-refractivity contribution in [1.29, 1.82) is 0 Å². The minimum Gasteiger partial charge on any atom is -0.465 e. The van der Waals surface area contributed by atoms with Gasteiger partial charge in [-0.05, 0) is 50.7 Å². The van der Waals surface area contributed by atoms with Gasteiger partial charge in [0.1, 0.15) is 11.5 Å². The van der Waals surface area contributed by atoms with Gasteiger partial charge < -0.3 is 9.73 Å². The largest absolute Gasteiger partial charge is 0.465 e. The number of amides is 1. The molecule has 0 radical (unpaired) electrons. The highest BCUT2D eigenvalue weighted by Crippen LogP contribution is 2.41. The summed E-state index contributed by atoms with van der Waals surface area (Å²) in [6.45, 7) is 2.65. The number of hydrogen-bond acceptors (Lipinski definition) is 3. The molecule has 2 heterocycles. The molecule has 1 fully saturated rings. The van der Waals surface area contributed by atoms with E-state index in [4.69, 9.17) is 4.42 Å². The Balaban J connectivity index is 1.34. The first-order valence-corrected chi connectivity index (χ1v) is 10.2. The highest BCUT2D eigenvalue weighted by atomic mass is 16.3. The number of furan rings is 1. The Morgan fingerprint density at radius 1 is 1.25 bits per heavy atom. The minimum absolute atomic E-state index is 0.0134. The summed E-state index contributed by atoms with van der Waals surface area (Å²) in [6.07, 6.45) is 7.27. The summed E-state index contributed by atoms with van der Waals surface area (Å²) in [5.41, 5.74) is 4.30. The number of aryl methyl sites for hydroxylation is 1. The van der Waals surface area contributed by atoms with Crippen molar-refractivity contribution < 1.29 is 9.21 Å². The number of nitrogens with one attached hydrogen (secondary N) is 1. The molecule has 0 spiro atoms. The summed E-state index contributed by atoms with van der Waals surface area (Å²) < 4.78 is 7.89. The van der Waals surface area contributed by atoms with Crippen molar-refractivity contribution in [2.24, 2.45) is 0 Å². The van der Waals surface area contributed by atoms with Crippen molar-refractivity contribution in [3.8, 4) is 0 Å². The molecular weight excluding hydrogens is 350 g/mol. The van der Waals surface area contributed by atoms with Crippen LogP contribution in [0.5, 0.6) is 0 Å². The fourth-order valence-electron chi connectivity index (χ4n) is 4.20. The van der Waals surface area contributed by atoms with Crippen LogP contribution in [0.2, 0.25) is 0 Å². The van der Waals surface area contributed by atoms with Gasteiger partial charge in [0, 0.05) is 17.2 Å². The highest BCUT2D eigenvalue weighted by Gasteiger charge is 2.31. The monoisotopic (exact) mass is 375 g/mol. The molecule has 0 unspecified atom stereocenters. The molecule has 5 heteroatoms. The van der Waals surface area contributed by atoms with E-state index in [1.807, 2.05) is 25.3 Å². The second-order valence-corrected chi connectivity index (χ2v) is 8.00. The van der Waals surface area contributed by atoms with E-state index in [1.165, 1.54) is 24.1 Å². The predicted octanol–water partition coefficient (Wildman–Crippen LogP) is 4.52. The molecule has 1 saturated carbocycles.